The molecule has 0 aliphatic carbocycles. The van der Waals surface area contributed by atoms with Crippen LogP contribution in [0.3, 0.4) is 0 Å². The lowest BCUT2D eigenvalue weighted by Crippen LogP contribution is -2.32. The van der Waals surface area contributed by atoms with Gasteiger partial charge in [-0.15, -0.1) is 0 Å². The van der Waals surface area contributed by atoms with Gasteiger partial charge in [-0.3, -0.25) is 0 Å². The largest absolute Gasteiger partial charge is 0.372 e. The van der Waals surface area contributed by atoms with Crippen molar-refractivity contribution < 1.29 is 0 Å². The smallest absolute Gasteiger partial charge is 0.0647 e. The molecule has 2 aromatic rings. The van der Waals surface area contributed by atoms with E-state index in [1.54, 1.807) is 0 Å². The van der Waals surface area contributed by atoms with Crippen LogP contribution in [-0.4, -0.2) is 29.9 Å². The molecular weight excluding hydrogens is 272 g/mol. The average Bonchev–Trinajstić information content (AvgIpc) is 2.90. The third kappa shape index (κ3) is 3.17. The maximum atomic E-state index is 4.61. The molecule has 1 fully saturated rings. The number of aryl methyl sites for hydroxylation is 1. The molecule has 118 valence electrons. The van der Waals surface area contributed by atoms with Crippen molar-refractivity contribution in [3.8, 4) is 5.69 Å². The van der Waals surface area contributed by atoms with Gasteiger partial charge in [-0.2, -0.15) is 5.10 Å². The second-order valence-corrected chi connectivity index (χ2v) is 6.40. The number of hydrogen-bond acceptors (Lipinski definition) is 3. The van der Waals surface area contributed by atoms with Crippen LogP contribution < -0.4 is 10.2 Å². The third-order valence-electron chi connectivity index (χ3n) is 4.63. The summed E-state index contributed by atoms with van der Waals surface area (Å²) in [5, 5.41) is 7.80. The van der Waals surface area contributed by atoms with E-state index in [0.29, 0.717) is 0 Å². The summed E-state index contributed by atoms with van der Waals surface area (Å²) in [5.74, 6) is 0.869. The van der Waals surface area contributed by atoms with Crippen LogP contribution >= 0.6 is 0 Å². The highest BCUT2D eigenvalue weighted by Gasteiger charge is 2.16. The summed E-state index contributed by atoms with van der Waals surface area (Å²) < 4.78 is 1.98. The summed E-state index contributed by atoms with van der Waals surface area (Å²) in [4.78, 5) is 2.49. The Bertz CT molecular complexity index is 607. The first kappa shape index (κ1) is 15.1. The SMILES string of the molecule is CNCc1cn(-c2ccc(N3CCC(C)CC3)cc2)nc1C. The number of nitrogens with zero attached hydrogens (tertiary/aromatic N) is 3. The Balaban J connectivity index is 1.75. The molecule has 0 atom stereocenters. The van der Waals surface area contributed by atoms with Crippen LogP contribution in [0.5, 0.6) is 0 Å². The number of benzene rings is 1. The van der Waals surface area contributed by atoms with Gasteiger partial charge in [0.2, 0.25) is 0 Å². The summed E-state index contributed by atoms with van der Waals surface area (Å²) in [6.07, 6.45) is 4.71. The van der Waals surface area contributed by atoms with Crippen LogP contribution in [0.25, 0.3) is 5.69 Å². The molecule has 1 N–H and O–H groups in total. The Hall–Kier alpha value is -1.81. The Labute approximate surface area is 133 Å². The van der Waals surface area contributed by atoms with Gasteiger partial charge in [0, 0.05) is 37.1 Å². The molecule has 4 heteroatoms. The highest BCUT2D eigenvalue weighted by atomic mass is 15.3. The molecule has 1 aromatic carbocycles. The molecule has 0 saturated carbocycles. The van der Waals surface area contributed by atoms with Gasteiger partial charge < -0.3 is 10.2 Å². The topological polar surface area (TPSA) is 33.1 Å². The fourth-order valence-electron chi connectivity index (χ4n) is 3.07. The van der Waals surface area contributed by atoms with Gasteiger partial charge in [-0.25, -0.2) is 4.68 Å². The Morgan fingerprint density at radius 3 is 2.41 bits per heavy atom. The van der Waals surface area contributed by atoms with Crippen molar-refractivity contribution in [2.45, 2.75) is 33.2 Å². The average molecular weight is 298 g/mol. The van der Waals surface area contributed by atoms with Crippen LogP contribution in [0.1, 0.15) is 31.0 Å². The van der Waals surface area contributed by atoms with Gasteiger partial charge in [0.05, 0.1) is 11.4 Å². The summed E-state index contributed by atoms with van der Waals surface area (Å²) >= 11 is 0. The predicted octanol–water partition coefficient (Wildman–Crippen LogP) is 3.14. The maximum Gasteiger partial charge on any atom is 0.0647 e. The molecule has 0 radical (unpaired) electrons. The summed E-state index contributed by atoms with van der Waals surface area (Å²) in [6.45, 7) is 7.62. The van der Waals surface area contributed by atoms with E-state index in [2.05, 4.69) is 59.6 Å². The van der Waals surface area contributed by atoms with Crippen LogP contribution in [0.15, 0.2) is 30.5 Å². The quantitative estimate of drug-likeness (QED) is 0.941. The molecule has 4 nitrogen and oxygen atoms in total. The van der Waals surface area contributed by atoms with E-state index >= 15 is 0 Å². The van der Waals surface area contributed by atoms with Gasteiger partial charge in [-0.05, 0) is 57.0 Å². The Morgan fingerprint density at radius 1 is 1.14 bits per heavy atom. The molecule has 2 heterocycles. The summed E-state index contributed by atoms with van der Waals surface area (Å²) in [7, 11) is 1.96. The zero-order valence-corrected chi connectivity index (χ0v) is 13.8. The molecule has 0 unspecified atom stereocenters. The highest BCUT2D eigenvalue weighted by Crippen LogP contribution is 2.24. The van der Waals surface area contributed by atoms with Gasteiger partial charge in [0.1, 0.15) is 0 Å². The third-order valence-corrected chi connectivity index (χ3v) is 4.63. The zero-order valence-electron chi connectivity index (χ0n) is 13.8. The number of piperidine rings is 1. The van der Waals surface area contributed by atoms with E-state index in [4.69, 9.17) is 0 Å². The first-order chi connectivity index (χ1) is 10.7. The molecule has 0 bridgehead atoms. The Morgan fingerprint density at radius 2 is 1.77 bits per heavy atom. The maximum absolute atomic E-state index is 4.61. The fraction of sp³-hybridized carbons (Fsp3) is 0.500. The second kappa shape index (κ2) is 6.53. The van der Waals surface area contributed by atoms with Crippen LogP contribution in [0.4, 0.5) is 5.69 Å². The van der Waals surface area contributed by atoms with Gasteiger partial charge in [0.15, 0.2) is 0 Å². The lowest BCUT2D eigenvalue weighted by Gasteiger charge is -2.32. The summed E-state index contributed by atoms with van der Waals surface area (Å²) in [6, 6.07) is 8.78. The molecule has 3 rings (SSSR count). The molecule has 0 amide bonds. The molecule has 22 heavy (non-hydrogen) atoms. The number of anilines is 1. The normalized spacial score (nSPS) is 16.2. The molecule has 0 spiro atoms. The number of rotatable bonds is 4. The van der Waals surface area contributed by atoms with Crippen molar-refractivity contribution in [2.24, 2.45) is 5.92 Å². The van der Waals surface area contributed by atoms with E-state index in [1.165, 1.54) is 37.2 Å². The van der Waals surface area contributed by atoms with Crippen LogP contribution in [0, 0.1) is 12.8 Å². The number of nitrogens with one attached hydrogen (secondary N) is 1. The number of aromatic nitrogens is 2. The van der Waals surface area contributed by atoms with Crippen molar-refractivity contribution in [1.29, 1.82) is 0 Å². The lowest BCUT2D eigenvalue weighted by atomic mass is 9.99. The summed E-state index contributed by atoms with van der Waals surface area (Å²) in [5.41, 5.74) is 4.79. The molecule has 1 aromatic heterocycles. The van der Waals surface area contributed by atoms with Crippen molar-refractivity contribution in [2.75, 3.05) is 25.0 Å². The predicted molar refractivity (Wildman–Crippen MR) is 91.7 cm³/mol. The minimum absolute atomic E-state index is 0.857. The molecule has 1 aliphatic rings. The molecular formula is C18H26N4. The van der Waals surface area contributed by atoms with E-state index in [-0.39, 0.29) is 0 Å². The van der Waals surface area contributed by atoms with Crippen LogP contribution in [-0.2, 0) is 6.54 Å². The number of hydrogen-bond donors (Lipinski definition) is 1. The standard InChI is InChI=1S/C18H26N4/c1-14-8-10-21(11-9-14)17-4-6-18(7-5-17)22-13-16(12-19-3)15(2)20-22/h4-7,13-14,19H,8-12H2,1-3H3. The minimum Gasteiger partial charge on any atom is -0.372 e. The minimum atomic E-state index is 0.857. The monoisotopic (exact) mass is 298 g/mol. The van der Waals surface area contributed by atoms with Crippen molar-refractivity contribution in [3.05, 3.63) is 41.7 Å². The van der Waals surface area contributed by atoms with Crippen LogP contribution in [0.2, 0.25) is 0 Å². The van der Waals surface area contributed by atoms with Gasteiger partial charge in [-0.1, -0.05) is 6.92 Å². The van der Waals surface area contributed by atoms with Gasteiger partial charge >= 0.3 is 0 Å². The van der Waals surface area contributed by atoms with Crippen molar-refractivity contribution >= 4 is 5.69 Å². The highest BCUT2D eigenvalue weighted by molar-refractivity contribution is 5.51. The van der Waals surface area contributed by atoms with Crippen molar-refractivity contribution in [1.82, 2.24) is 15.1 Å². The fourth-order valence-corrected chi connectivity index (χ4v) is 3.07. The molecule has 1 aliphatic heterocycles. The second-order valence-electron chi connectivity index (χ2n) is 6.40. The van der Waals surface area contributed by atoms with Crippen molar-refractivity contribution in [3.63, 3.8) is 0 Å². The van der Waals surface area contributed by atoms with E-state index in [0.717, 1.165) is 23.8 Å². The van der Waals surface area contributed by atoms with E-state index < -0.39 is 0 Å². The zero-order chi connectivity index (χ0) is 15.5. The van der Waals surface area contributed by atoms with E-state index in [9.17, 15) is 0 Å². The van der Waals surface area contributed by atoms with Gasteiger partial charge in [0.25, 0.3) is 0 Å². The first-order valence-electron chi connectivity index (χ1n) is 8.22. The first-order valence-corrected chi connectivity index (χ1v) is 8.22. The Kier molecular flexibility index (Phi) is 4.48. The van der Waals surface area contributed by atoms with E-state index in [1.807, 2.05) is 11.7 Å². The lowest BCUT2D eigenvalue weighted by molar-refractivity contribution is 0.438. The molecule has 1 saturated heterocycles.